The van der Waals surface area contributed by atoms with Crippen molar-refractivity contribution in [1.29, 1.82) is 0 Å². The number of esters is 1. The van der Waals surface area contributed by atoms with Gasteiger partial charge in [-0.2, -0.15) is 5.10 Å². The average Bonchev–Trinajstić information content (AvgIpc) is 3.71. The maximum atomic E-state index is 13.6. The number of methoxy groups -OCH3 is 1. The van der Waals surface area contributed by atoms with Gasteiger partial charge in [-0.3, -0.25) is 24.4 Å². The number of thiazole rings is 1. The molecule has 0 spiro atoms. The summed E-state index contributed by atoms with van der Waals surface area (Å²) in [5, 5.41) is 10.8. The lowest BCUT2D eigenvalue weighted by Crippen LogP contribution is -2.34. The summed E-state index contributed by atoms with van der Waals surface area (Å²) in [6.45, 7) is 3.29. The Bertz CT molecular complexity index is 2160. The Morgan fingerprint density at radius 2 is 1.71 bits per heavy atom. The molecule has 4 heterocycles. The van der Waals surface area contributed by atoms with Crippen LogP contribution in [0, 0.1) is 6.92 Å². The molecule has 0 bridgehead atoms. The molecule has 11 nitrogen and oxygen atoms in total. The van der Waals surface area contributed by atoms with Gasteiger partial charge in [0.2, 0.25) is 0 Å². The van der Waals surface area contributed by atoms with Gasteiger partial charge in [-0.1, -0.05) is 65.9 Å². The zero-order valence-electron chi connectivity index (χ0n) is 27.0. The molecule has 3 aromatic heterocycles. The number of aromatic nitrogens is 4. The van der Waals surface area contributed by atoms with Crippen LogP contribution in [0.15, 0.2) is 91.1 Å². The van der Waals surface area contributed by atoms with Crippen molar-refractivity contribution in [3.05, 3.63) is 125 Å². The number of ether oxygens (including phenoxy) is 1. The van der Waals surface area contributed by atoms with Crippen LogP contribution in [0.1, 0.15) is 43.2 Å². The lowest BCUT2D eigenvalue weighted by Gasteiger charge is -2.31. The maximum Gasteiger partial charge on any atom is 0.325 e. The monoisotopic (exact) mass is 671 g/mol. The standard InChI is InChI=1S/C37H33N7O4S/c1-23-28(19-39-44(23)21-24-9-4-3-5-10-24)26-15-16-32(41-34(26)36(47)38-20-33(45)48-2)43-18-17-25-11-8-12-27(29(25)22-43)35(46)42-37-40-30-13-6-7-14-31(30)49-37/h3-16,19H,17-18,20-22H2,1-2H3,(H,38,47)(H,40,42,46). The largest absolute Gasteiger partial charge is 0.468 e. The fourth-order valence-corrected chi connectivity index (χ4v) is 6.89. The van der Waals surface area contributed by atoms with Gasteiger partial charge in [-0.05, 0) is 60.4 Å². The number of carbonyl (C=O) groups is 3. The summed E-state index contributed by atoms with van der Waals surface area (Å²) >= 11 is 1.43. The van der Waals surface area contributed by atoms with E-state index >= 15 is 0 Å². The predicted octanol–water partition coefficient (Wildman–Crippen LogP) is 5.63. The molecule has 0 fully saturated rings. The summed E-state index contributed by atoms with van der Waals surface area (Å²) in [4.78, 5) is 50.6. The third-order valence-corrected chi connectivity index (χ3v) is 9.59. The molecule has 0 aliphatic carbocycles. The molecule has 1 aliphatic heterocycles. The van der Waals surface area contributed by atoms with Crippen LogP contribution in [0.4, 0.5) is 10.9 Å². The van der Waals surface area contributed by atoms with Crippen LogP contribution >= 0.6 is 11.3 Å². The second-order valence-electron chi connectivity index (χ2n) is 11.7. The minimum absolute atomic E-state index is 0.163. The summed E-state index contributed by atoms with van der Waals surface area (Å²) in [5.41, 5.74) is 6.87. The second kappa shape index (κ2) is 13.7. The molecular weight excluding hydrogens is 639 g/mol. The van der Waals surface area contributed by atoms with Crippen molar-refractivity contribution in [2.75, 3.05) is 30.4 Å². The highest BCUT2D eigenvalue weighted by atomic mass is 32.1. The number of carbonyl (C=O) groups excluding carboxylic acids is 3. The zero-order valence-corrected chi connectivity index (χ0v) is 27.8. The van der Waals surface area contributed by atoms with E-state index in [4.69, 9.17) is 9.72 Å². The van der Waals surface area contributed by atoms with Gasteiger partial charge < -0.3 is 15.0 Å². The van der Waals surface area contributed by atoms with Crippen molar-refractivity contribution in [2.24, 2.45) is 0 Å². The lowest BCUT2D eigenvalue weighted by atomic mass is 9.94. The van der Waals surface area contributed by atoms with Crippen molar-refractivity contribution in [2.45, 2.75) is 26.4 Å². The fourth-order valence-electron chi connectivity index (χ4n) is 6.03. The molecule has 2 N–H and O–H groups in total. The molecule has 0 saturated heterocycles. The highest BCUT2D eigenvalue weighted by Gasteiger charge is 2.26. The van der Waals surface area contributed by atoms with E-state index in [0.717, 1.165) is 38.2 Å². The number of amides is 2. The van der Waals surface area contributed by atoms with Crippen LogP contribution in [0.2, 0.25) is 0 Å². The van der Waals surface area contributed by atoms with E-state index in [1.54, 1.807) is 6.20 Å². The maximum absolute atomic E-state index is 13.6. The molecule has 3 aromatic carbocycles. The number of hydrogen-bond donors (Lipinski definition) is 2. The average molecular weight is 672 g/mol. The van der Waals surface area contributed by atoms with Crippen LogP contribution in [0.3, 0.4) is 0 Å². The minimum atomic E-state index is -0.567. The normalized spacial score (nSPS) is 12.4. The van der Waals surface area contributed by atoms with Crippen LogP contribution in [-0.2, 0) is 29.0 Å². The predicted molar refractivity (Wildman–Crippen MR) is 189 cm³/mol. The quantitative estimate of drug-likeness (QED) is 0.189. The van der Waals surface area contributed by atoms with E-state index in [9.17, 15) is 14.4 Å². The summed E-state index contributed by atoms with van der Waals surface area (Å²) in [6.07, 6.45) is 2.43. The van der Waals surface area contributed by atoms with Gasteiger partial charge in [0.05, 0.1) is 30.1 Å². The van der Waals surface area contributed by atoms with E-state index in [-0.39, 0.29) is 18.1 Å². The molecule has 0 unspecified atom stereocenters. The summed E-state index contributed by atoms with van der Waals surface area (Å²) in [6, 6.07) is 27.3. The number of fused-ring (bicyclic) bond motifs is 2. The molecule has 12 heteroatoms. The Kier molecular flexibility index (Phi) is 8.86. The van der Waals surface area contributed by atoms with Crippen molar-refractivity contribution < 1.29 is 19.1 Å². The number of hydrogen-bond acceptors (Lipinski definition) is 9. The SMILES string of the molecule is COC(=O)CNC(=O)c1nc(N2CCc3cccc(C(=O)Nc4nc5ccccc5s4)c3C2)ccc1-c1cnn(Cc2ccccc2)c1C. The highest BCUT2D eigenvalue weighted by Crippen LogP contribution is 2.32. The van der Waals surface area contributed by atoms with E-state index in [0.29, 0.717) is 48.1 Å². The fraction of sp³-hybridized carbons (Fsp3) is 0.189. The van der Waals surface area contributed by atoms with Gasteiger partial charge in [-0.15, -0.1) is 0 Å². The third-order valence-electron chi connectivity index (χ3n) is 8.64. The molecule has 246 valence electrons. The molecule has 0 saturated carbocycles. The Balaban J connectivity index is 1.18. The Hall–Kier alpha value is -5.88. The first-order valence-corrected chi connectivity index (χ1v) is 16.6. The molecule has 49 heavy (non-hydrogen) atoms. The van der Waals surface area contributed by atoms with Crippen molar-refractivity contribution in [3.63, 3.8) is 0 Å². The minimum Gasteiger partial charge on any atom is -0.468 e. The highest BCUT2D eigenvalue weighted by molar-refractivity contribution is 7.22. The number of anilines is 2. The topological polar surface area (TPSA) is 131 Å². The molecule has 6 aromatic rings. The number of rotatable bonds is 9. The van der Waals surface area contributed by atoms with E-state index in [1.165, 1.54) is 18.4 Å². The Labute approximate surface area is 286 Å². The van der Waals surface area contributed by atoms with Gasteiger partial charge in [0.15, 0.2) is 5.13 Å². The lowest BCUT2D eigenvalue weighted by molar-refractivity contribution is -0.139. The summed E-state index contributed by atoms with van der Waals surface area (Å²) < 4.78 is 7.62. The summed E-state index contributed by atoms with van der Waals surface area (Å²) in [5.74, 6) is -0.728. The first-order chi connectivity index (χ1) is 23.9. The molecular formula is C37H33N7O4S. The molecule has 0 atom stereocenters. The van der Waals surface area contributed by atoms with Gasteiger partial charge in [-0.25, -0.2) is 9.97 Å². The molecule has 2 amide bonds. The van der Waals surface area contributed by atoms with Crippen LogP contribution in [0.5, 0.6) is 0 Å². The number of benzene rings is 3. The van der Waals surface area contributed by atoms with Gasteiger partial charge in [0, 0.05) is 35.5 Å². The van der Waals surface area contributed by atoms with Crippen molar-refractivity contribution in [3.8, 4) is 11.1 Å². The first-order valence-electron chi connectivity index (χ1n) is 15.8. The van der Waals surface area contributed by atoms with Crippen molar-refractivity contribution >= 4 is 50.3 Å². The van der Waals surface area contributed by atoms with Gasteiger partial charge in [0.1, 0.15) is 18.1 Å². The van der Waals surface area contributed by atoms with Gasteiger partial charge >= 0.3 is 5.97 Å². The summed E-state index contributed by atoms with van der Waals surface area (Å²) in [7, 11) is 1.27. The number of pyridine rings is 1. The Morgan fingerprint density at radius 3 is 2.53 bits per heavy atom. The van der Waals surface area contributed by atoms with Crippen LogP contribution < -0.4 is 15.5 Å². The zero-order chi connectivity index (χ0) is 33.9. The smallest absolute Gasteiger partial charge is 0.325 e. The van der Waals surface area contributed by atoms with Crippen LogP contribution in [-0.4, -0.2) is 57.7 Å². The van der Waals surface area contributed by atoms with Crippen molar-refractivity contribution in [1.82, 2.24) is 25.1 Å². The number of nitrogens with one attached hydrogen (secondary N) is 2. The van der Waals surface area contributed by atoms with Gasteiger partial charge in [0.25, 0.3) is 11.8 Å². The Morgan fingerprint density at radius 1 is 0.898 bits per heavy atom. The van der Waals surface area contributed by atoms with Crippen LogP contribution in [0.25, 0.3) is 21.3 Å². The van der Waals surface area contributed by atoms with E-state index in [1.807, 2.05) is 96.5 Å². The molecule has 0 radical (unpaired) electrons. The number of para-hydroxylation sites is 1. The first kappa shape index (κ1) is 31.7. The third kappa shape index (κ3) is 6.63. The van der Waals surface area contributed by atoms with E-state index in [2.05, 4.69) is 25.6 Å². The number of nitrogens with zero attached hydrogens (tertiary/aromatic N) is 5. The van der Waals surface area contributed by atoms with E-state index < -0.39 is 11.9 Å². The molecule has 7 rings (SSSR count). The molecule has 1 aliphatic rings. The second-order valence-corrected chi connectivity index (χ2v) is 12.7.